The number of sulfonamides is 1. The summed E-state index contributed by atoms with van der Waals surface area (Å²) in [5.74, 6) is 1.63. The van der Waals surface area contributed by atoms with Crippen molar-refractivity contribution in [2.24, 2.45) is 0 Å². The van der Waals surface area contributed by atoms with Crippen LogP contribution in [-0.2, 0) is 23.0 Å². The lowest BCUT2D eigenvalue weighted by molar-refractivity contribution is 0.384. The Labute approximate surface area is 136 Å². The Morgan fingerprint density at radius 3 is 2.78 bits per heavy atom. The fourth-order valence-corrected chi connectivity index (χ4v) is 4.63. The Morgan fingerprint density at radius 2 is 2.17 bits per heavy atom. The maximum Gasteiger partial charge on any atom is 0.217 e. The zero-order valence-electron chi connectivity index (χ0n) is 14.0. The molecule has 6 nitrogen and oxygen atoms in total. The normalized spacial score (nSPS) is 17.2. The van der Waals surface area contributed by atoms with Crippen molar-refractivity contribution in [3.05, 3.63) is 28.8 Å². The molecule has 23 heavy (non-hydrogen) atoms. The van der Waals surface area contributed by atoms with Gasteiger partial charge in [-0.1, -0.05) is 6.92 Å². The molecule has 0 amide bonds. The SMILES string of the molecule is CCC(C)S(=O)(=O)N1CCc2[nH]nc(-c3cc(C)oc3C)c2C1. The molecule has 7 heteroatoms. The van der Waals surface area contributed by atoms with Gasteiger partial charge in [-0.25, -0.2) is 8.42 Å². The fraction of sp³-hybridized carbons (Fsp3) is 0.562. The number of rotatable bonds is 4. The highest BCUT2D eigenvalue weighted by Gasteiger charge is 2.33. The lowest BCUT2D eigenvalue weighted by atomic mass is 10.0. The van der Waals surface area contributed by atoms with Crippen LogP contribution in [0.1, 0.15) is 43.0 Å². The minimum absolute atomic E-state index is 0.364. The fourth-order valence-electron chi connectivity index (χ4n) is 3.04. The molecule has 2 aromatic rings. The molecule has 0 radical (unpaired) electrons. The van der Waals surface area contributed by atoms with E-state index in [1.807, 2.05) is 26.8 Å². The van der Waals surface area contributed by atoms with Gasteiger partial charge in [0.1, 0.15) is 17.2 Å². The third kappa shape index (κ3) is 2.72. The van der Waals surface area contributed by atoms with Gasteiger partial charge in [-0.15, -0.1) is 0 Å². The Balaban J connectivity index is 1.98. The van der Waals surface area contributed by atoms with E-state index < -0.39 is 10.0 Å². The van der Waals surface area contributed by atoms with E-state index in [0.717, 1.165) is 34.0 Å². The second kappa shape index (κ2) is 5.79. The van der Waals surface area contributed by atoms with Crippen molar-refractivity contribution < 1.29 is 12.8 Å². The highest BCUT2D eigenvalue weighted by Crippen LogP contribution is 2.33. The molecular weight excluding hydrogens is 314 g/mol. The van der Waals surface area contributed by atoms with Crippen molar-refractivity contribution in [2.75, 3.05) is 6.54 Å². The Hall–Kier alpha value is -1.60. The summed E-state index contributed by atoms with van der Waals surface area (Å²) < 4.78 is 32.5. The van der Waals surface area contributed by atoms with Crippen LogP contribution in [0.3, 0.4) is 0 Å². The van der Waals surface area contributed by atoms with Crippen LogP contribution < -0.4 is 0 Å². The third-order valence-electron chi connectivity index (χ3n) is 4.64. The van der Waals surface area contributed by atoms with Gasteiger partial charge in [0.05, 0.1) is 5.25 Å². The van der Waals surface area contributed by atoms with E-state index in [9.17, 15) is 8.42 Å². The van der Waals surface area contributed by atoms with Gasteiger partial charge in [0.25, 0.3) is 0 Å². The van der Waals surface area contributed by atoms with Crippen LogP contribution in [0, 0.1) is 13.8 Å². The number of aromatic nitrogens is 2. The highest BCUT2D eigenvalue weighted by molar-refractivity contribution is 7.89. The maximum atomic E-state index is 12.6. The highest BCUT2D eigenvalue weighted by atomic mass is 32.2. The molecule has 1 N–H and O–H groups in total. The number of nitrogens with one attached hydrogen (secondary N) is 1. The second-order valence-corrected chi connectivity index (χ2v) is 8.55. The average Bonchev–Trinajstić information content (AvgIpc) is 3.08. The van der Waals surface area contributed by atoms with Gasteiger partial charge in [0.2, 0.25) is 10.0 Å². The quantitative estimate of drug-likeness (QED) is 0.930. The van der Waals surface area contributed by atoms with Crippen molar-refractivity contribution in [2.45, 2.75) is 52.3 Å². The van der Waals surface area contributed by atoms with E-state index in [-0.39, 0.29) is 5.25 Å². The first kappa shape index (κ1) is 16.3. The summed E-state index contributed by atoms with van der Waals surface area (Å²) >= 11 is 0. The summed E-state index contributed by atoms with van der Waals surface area (Å²) in [4.78, 5) is 0. The summed E-state index contributed by atoms with van der Waals surface area (Å²) in [6.45, 7) is 8.35. The molecule has 0 aromatic carbocycles. The molecule has 0 saturated carbocycles. The van der Waals surface area contributed by atoms with Gasteiger partial charge in [-0.05, 0) is 33.3 Å². The molecular formula is C16H23N3O3S. The summed E-state index contributed by atoms with van der Waals surface area (Å²) in [6, 6.07) is 1.95. The molecule has 0 aliphatic carbocycles. The largest absolute Gasteiger partial charge is 0.466 e. The number of hydrogen-bond acceptors (Lipinski definition) is 4. The number of furan rings is 1. The molecule has 2 aromatic heterocycles. The number of aromatic amines is 1. The van der Waals surface area contributed by atoms with Gasteiger partial charge in [-0.2, -0.15) is 9.40 Å². The van der Waals surface area contributed by atoms with E-state index >= 15 is 0 Å². The van der Waals surface area contributed by atoms with E-state index in [1.54, 1.807) is 11.2 Å². The van der Waals surface area contributed by atoms with Crippen molar-refractivity contribution in [1.29, 1.82) is 0 Å². The van der Waals surface area contributed by atoms with Gasteiger partial charge in [0, 0.05) is 36.3 Å². The van der Waals surface area contributed by atoms with E-state index in [1.165, 1.54) is 0 Å². The second-order valence-electron chi connectivity index (χ2n) is 6.20. The Morgan fingerprint density at radius 1 is 1.43 bits per heavy atom. The Kier molecular flexibility index (Phi) is 4.10. The molecule has 1 atom stereocenters. The van der Waals surface area contributed by atoms with Gasteiger partial charge in [0.15, 0.2) is 0 Å². The van der Waals surface area contributed by atoms with Crippen LogP contribution in [0.2, 0.25) is 0 Å². The first-order valence-electron chi connectivity index (χ1n) is 7.97. The van der Waals surface area contributed by atoms with Gasteiger partial charge >= 0.3 is 0 Å². The van der Waals surface area contributed by atoms with Crippen molar-refractivity contribution >= 4 is 10.0 Å². The lowest BCUT2D eigenvalue weighted by Gasteiger charge is -2.28. The lowest BCUT2D eigenvalue weighted by Crippen LogP contribution is -2.40. The molecule has 1 unspecified atom stereocenters. The predicted octanol–water partition coefficient (Wildman–Crippen LogP) is 2.77. The third-order valence-corrected chi connectivity index (χ3v) is 7.02. The molecule has 1 aliphatic heterocycles. The van der Waals surface area contributed by atoms with Crippen molar-refractivity contribution in [1.82, 2.24) is 14.5 Å². The summed E-state index contributed by atoms with van der Waals surface area (Å²) in [5, 5.41) is 7.12. The predicted molar refractivity (Wildman–Crippen MR) is 88.6 cm³/mol. The molecule has 0 bridgehead atoms. The van der Waals surface area contributed by atoms with E-state index in [0.29, 0.717) is 25.9 Å². The minimum atomic E-state index is -3.27. The summed E-state index contributed by atoms with van der Waals surface area (Å²) in [5.41, 5.74) is 3.72. The van der Waals surface area contributed by atoms with E-state index in [2.05, 4.69) is 10.2 Å². The van der Waals surface area contributed by atoms with Crippen LogP contribution in [0.15, 0.2) is 10.5 Å². The van der Waals surface area contributed by atoms with Crippen LogP contribution in [-0.4, -0.2) is 34.7 Å². The maximum absolute atomic E-state index is 12.6. The molecule has 3 rings (SSSR count). The van der Waals surface area contributed by atoms with Crippen molar-refractivity contribution in [3.8, 4) is 11.3 Å². The first-order valence-corrected chi connectivity index (χ1v) is 9.47. The van der Waals surface area contributed by atoms with E-state index in [4.69, 9.17) is 4.42 Å². The summed E-state index contributed by atoms with van der Waals surface area (Å²) in [6.07, 6.45) is 1.28. The number of aryl methyl sites for hydroxylation is 2. The average molecular weight is 337 g/mol. The van der Waals surface area contributed by atoms with Gasteiger partial charge < -0.3 is 4.42 Å². The molecule has 0 fully saturated rings. The summed E-state index contributed by atoms with van der Waals surface area (Å²) in [7, 11) is -3.27. The smallest absolute Gasteiger partial charge is 0.217 e. The topological polar surface area (TPSA) is 79.2 Å². The molecule has 126 valence electrons. The van der Waals surface area contributed by atoms with Crippen molar-refractivity contribution in [3.63, 3.8) is 0 Å². The zero-order chi connectivity index (χ0) is 16.8. The molecule has 0 saturated heterocycles. The van der Waals surface area contributed by atoms with Crippen LogP contribution >= 0.6 is 0 Å². The first-order chi connectivity index (χ1) is 10.8. The van der Waals surface area contributed by atoms with Gasteiger partial charge in [-0.3, -0.25) is 5.10 Å². The number of H-pyrrole nitrogens is 1. The standard InChI is InChI=1S/C16H23N3O3S/c1-5-11(3)23(20,21)19-7-6-15-14(9-19)16(18-17-15)13-8-10(2)22-12(13)4/h8,11H,5-7,9H2,1-4H3,(H,17,18). The molecule has 0 spiro atoms. The number of hydrogen-bond donors (Lipinski definition) is 1. The Bertz CT molecular complexity index is 820. The molecule has 1 aliphatic rings. The van der Waals surface area contributed by atoms with Crippen LogP contribution in [0.5, 0.6) is 0 Å². The monoisotopic (exact) mass is 337 g/mol. The van der Waals surface area contributed by atoms with Crippen LogP contribution in [0.25, 0.3) is 11.3 Å². The number of fused-ring (bicyclic) bond motifs is 1. The van der Waals surface area contributed by atoms with Crippen LogP contribution in [0.4, 0.5) is 0 Å². The number of nitrogens with zero attached hydrogens (tertiary/aromatic N) is 2. The minimum Gasteiger partial charge on any atom is -0.466 e. The molecule has 3 heterocycles. The zero-order valence-corrected chi connectivity index (χ0v) is 14.8.